The van der Waals surface area contributed by atoms with Crippen molar-refractivity contribution in [1.82, 2.24) is 14.9 Å². The third kappa shape index (κ3) is 3.21. The summed E-state index contributed by atoms with van der Waals surface area (Å²) in [6.07, 6.45) is 6.49. The van der Waals surface area contributed by atoms with E-state index in [0.717, 1.165) is 42.1 Å². The lowest BCUT2D eigenvalue weighted by Crippen LogP contribution is -2.49. The van der Waals surface area contributed by atoms with E-state index in [-0.39, 0.29) is 5.91 Å². The Morgan fingerprint density at radius 3 is 2.52 bits per heavy atom. The number of nitrogens with zero attached hydrogens (tertiary/aromatic N) is 2. The Hall–Kier alpha value is -3.08. The van der Waals surface area contributed by atoms with Gasteiger partial charge in [0.15, 0.2) is 0 Å². The summed E-state index contributed by atoms with van der Waals surface area (Å²) in [6, 6.07) is 17.9. The van der Waals surface area contributed by atoms with Gasteiger partial charge >= 0.3 is 0 Å². The molecule has 0 spiro atoms. The maximum absolute atomic E-state index is 13.1. The zero-order chi connectivity index (χ0) is 18.7. The van der Waals surface area contributed by atoms with Gasteiger partial charge in [0.2, 0.25) is 5.91 Å². The standard InChI is InChI=1S/C22H23N3O2/c1-27-19-10-8-17(9-11-19)22(12-5-13-22)21(26)24-16-20-23-14-15-25(20)18-6-3-2-4-7-18/h2-4,6-11,14-15H,5,12-13,16H2,1H3,(H,24,26). The summed E-state index contributed by atoms with van der Waals surface area (Å²) in [4.78, 5) is 17.5. The summed E-state index contributed by atoms with van der Waals surface area (Å²) in [5, 5.41) is 3.11. The molecule has 1 saturated carbocycles. The number of amides is 1. The van der Waals surface area contributed by atoms with Gasteiger partial charge in [0.05, 0.1) is 19.1 Å². The van der Waals surface area contributed by atoms with Gasteiger partial charge in [-0.25, -0.2) is 4.98 Å². The van der Waals surface area contributed by atoms with E-state index < -0.39 is 5.41 Å². The molecule has 1 heterocycles. The number of imidazole rings is 1. The highest BCUT2D eigenvalue weighted by atomic mass is 16.5. The van der Waals surface area contributed by atoms with Crippen LogP contribution in [0.3, 0.4) is 0 Å². The largest absolute Gasteiger partial charge is 0.497 e. The number of benzene rings is 2. The lowest BCUT2D eigenvalue weighted by atomic mass is 9.64. The van der Waals surface area contributed by atoms with Crippen molar-refractivity contribution in [2.75, 3.05) is 7.11 Å². The molecular formula is C22H23N3O2. The highest BCUT2D eigenvalue weighted by molar-refractivity contribution is 5.89. The molecule has 1 amide bonds. The number of carbonyl (C=O) groups is 1. The van der Waals surface area contributed by atoms with Crippen LogP contribution in [0.5, 0.6) is 5.75 Å². The number of ether oxygens (including phenoxy) is 1. The number of carbonyl (C=O) groups excluding carboxylic acids is 1. The van der Waals surface area contributed by atoms with Gasteiger partial charge in [-0.05, 0) is 42.7 Å². The van der Waals surface area contributed by atoms with Crippen LogP contribution in [0, 0.1) is 0 Å². The van der Waals surface area contributed by atoms with E-state index in [9.17, 15) is 4.79 Å². The zero-order valence-electron chi connectivity index (χ0n) is 15.4. The van der Waals surface area contributed by atoms with Gasteiger partial charge < -0.3 is 14.6 Å². The van der Waals surface area contributed by atoms with Crippen LogP contribution in [-0.4, -0.2) is 22.6 Å². The molecule has 1 aliphatic rings. The Morgan fingerprint density at radius 2 is 1.89 bits per heavy atom. The average molecular weight is 361 g/mol. The lowest BCUT2D eigenvalue weighted by molar-refractivity contribution is -0.130. The lowest BCUT2D eigenvalue weighted by Gasteiger charge is -2.40. The molecule has 1 N–H and O–H groups in total. The molecule has 4 rings (SSSR count). The van der Waals surface area contributed by atoms with Crippen molar-refractivity contribution >= 4 is 5.91 Å². The fourth-order valence-electron chi connectivity index (χ4n) is 3.70. The topological polar surface area (TPSA) is 56.1 Å². The predicted molar refractivity (Wildman–Crippen MR) is 104 cm³/mol. The molecule has 0 saturated heterocycles. The summed E-state index contributed by atoms with van der Waals surface area (Å²) in [6.45, 7) is 0.401. The number of hydrogen-bond acceptors (Lipinski definition) is 3. The molecular weight excluding hydrogens is 338 g/mol. The van der Waals surface area contributed by atoms with E-state index >= 15 is 0 Å². The molecule has 5 heteroatoms. The van der Waals surface area contributed by atoms with Crippen molar-refractivity contribution in [3.05, 3.63) is 78.4 Å². The van der Waals surface area contributed by atoms with E-state index in [4.69, 9.17) is 4.74 Å². The van der Waals surface area contributed by atoms with Crippen molar-refractivity contribution in [3.8, 4) is 11.4 Å². The number of rotatable bonds is 6. The Labute approximate surface area is 159 Å². The van der Waals surface area contributed by atoms with Crippen LogP contribution in [-0.2, 0) is 16.8 Å². The van der Waals surface area contributed by atoms with Crippen molar-refractivity contribution in [1.29, 1.82) is 0 Å². The van der Waals surface area contributed by atoms with E-state index in [2.05, 4.69) is 10.3 Å². The number of methoxy groups -OCH3 is 1. The molecule has 0 atom stereocenters. The molecule has 1 aromatic heterocycles. The predicted octanol–water partition coefficient (Wildman–Crippen LogP) is 3.62. The molecule has 27 heavy (non-hydrogen) atoms. The van der Waals surface area contributed by atoms with Crippen LogP contribution in [0.25, 0.3) is 5.69 Å². The highest BCUT2D eigenvalue weighted by Gasteiger charge is 2.45. The van der Waals surface area contributed by atoms with Gasteiger partial charge in [-0.15, -0.1) is 0 Å². The molecule has 0 radical (unpaired) electrons. The first-order valence-corrected chi connectivity index (χ1v) is 9.23. The second-order valence-electron chi connectivity index (χ2n) is 6.90. The fraction of sp³-hybridized carbons (Fsp3) is 0.273. The van der Waals surface area contributed by atoms with Gasteiger partial charge in [-0.2, -0.15) is 0 Å². The highest BCUT2D eigenvalue weighted by Crippen LogP contribution is 2.44. The molecule has 3 aromatic rings. The second-order valence-corrected chi connectivity index (χ2v) is 6.90. The quantitative estimate of drug-likeness (QED) is 0.730. The minimum absolute atomic E-state index is 0.0709. The summed E-state index contributed by atoms with van der Waals surface area (Å²) < 4.78 is 7.24. The summed E-state index contributed by atoms with van der Waals surface area (Å²) in [7, 11) is 1.65. The third-order valence-electron chi connectivity index (χ3n) is 5.44. The molecule has 5 nitrogen and oxygen atoms in total. The number of nitrogens with one attached hydrogen (secondary N) is 1. The van der Waals surface area contributed by atoms with Crippen LogP contribution in [0.4, 0.5) is 0 Å². The Bertz CT molecular complexity index is 912. The summed E-state index contributed by atoms with van der Waals surface area (Å²) in [5.74, 6) is 1.69. The van der Waals surface area contributed by atoms with Crippen molar-refractivity contribution in [2.24, 2.45) is 0 Å². The Morgan fingerprint density at radius 1 is 1.15 bits per heavy atom. The van der Waals surface area contributed by atoms with Gasteiger partial charge in [0.25, 0.3) is 0 Å². The van der Waals surface area contributed by atoms with E-state index in [1.54, 1.807) is 13.3 Å². The minimum atomic E-state index is -0.434. The Kier molecular flexibility index (Phi) is 4.67. The number of hydrogen-bond donors (Lipinski definition) is 1. The van der Waals surface area contributed by atoms with Crippen LogP contribution in [0.15, 0.2) is 67.0 Å². The van der Waals surface area contributed by atoms with E-state index in [0.29, 0.717) is 6.54 Å². The smallest absolute Gasteiger partial charge is 0.231 e. The maximum Gasteiger partial charge on any atom is 0.231 e. The first-order valence-electron chi connectivity index (χ1n) is 9.23. The van der Waals surface area contributed by atoms with Crippen LogP contribution in [0.1, 0.15) is 30.7 Å². The third-order valence-corrected chi connectivity index (χ3v) is 5.44. The van der Waals surface area contributed by atoms with Gasteiger partial charge in [0.1, 0.15) is 11.6 Å². The van der Waals surface area contributed by atoms with Crippen molar-refractivity contribution in [3.63, 3.8) is 0 Å². The number of aromatic nitrogens is 2. The molecule has 2 aromatic carbocycles. The van der Waals surface area contributed by atoms with Crippen molar-refractivity contribution in [2.45, 2.75) is 31.2 Å². The molecule has 1 fully saturated rings. The van der Waals surface area contributed by atoms with Gasteiger partial charge in [0, 0.05) is 18.1 Å². The van der Waals surface area contributed by atoms with Crippen molar-refractivity contribution < 1.29 is 9.53 Å². The molecule has 0 unspecified atom stereocenters. The number of para-hydroxylation sites is 1. The van der Waals surface area contributed by atoms with Gasteiger partial charge in [-0.3, -0.25) is 4.79 Å². The average Bonchev–Trinajstić information content (AvgIpc) is 3.15. The Balaban J connectivity index is 1.50. The van der Waals surface area contributed by atoms with E-state index in [1.165, 1.54) is 0 Å². The molecule has 1 aliphatic carbocycles. The molecule has 0 bridgehead atoms. The molecule has 138 valence electrons. The van der Waals surface area contributed by atoms with Crippen LogP contribution >= 0.6 is 0 Å². The monoisotopic (exact) mass is 361 g/mol. The zero-order valence-corrected chi connectivity index (χ0v) is 15.4. The first kappa shape index (κ1) is 17.3. The normalized spacial score (nSPS) is 15.0. The minimum Gasteiger partial charge on any atom is -0.497 e. The van der Waals surface area contributed by atoms with E-state index in [1.807, 2.05) is 65.4 Å². The summed E-state index contributed by atoms with van der Waals surface area (Å²) in [5.41, 5.74) is 1.65. The molecule has 0 aliphatic heterocycles. The maximum atomic E-state index is 13.1. The van der Waals surface area contributed by atoms with Crippen LogP contribution in [0.2, 0.25) is 0 Å². The summed E-state index contributed by atoms with van der Waals surface area (Å²) >= 11 is 0. The first-order chi connectivity index (χ1) is 13.2. The SMILES string of the molecule is COc1ccc(C2(C(=O)NCc3nccn3-c3ccccc3)CCC2)cc1. The second kappa shape index (κ2) is 7.27. The fourth-order valence-corrected chi connectivity index (χ4v) is 3.70. The van der Waals surface area contributed by atoms with Crippen LogP contribution < -0.4 is 10.1 Å². The van der Waals surface area contributed by atoms with Gasteiger partial charge in [-0.1, -0.05) is 36.8 Å².